The van der Waals surface area contributed by atoms with Gasteiger partial charge in [0, 0.05) is 12.7 Å². The normalized spacial score (nSPS) is 12.9. The summed E-state index contributed by atoms with van der Waals surface area (Å²) in [6.45, 7) is 0.637. The van der Waals surface area contributed by atoms with E-state index in [0.717, 1.165) is 29.7 Å². The molecule has 4 rings (SSSR count). The smallest absolute Gasteiger partial charge is 0.341 e. The Morgan fingerprint density at radius 2 is 2.10 bits per heavy atom. The van der Waals surface area contributed by atoms with E-state index in [0.29, 0.717) is 28.8 Å². The molecule has 0 bridgehead atoms. The molecule has 0 fully saturated rings. The molecule has 0 N–H and O–H groups in total. The van der Waals surface area contributed by atoms with Crippen LogP contribution in [0.5, 0.6) is 5.75 Å². The lowest BCUT2D eigenvalue weighted by Crippen LogP contribution is -2.37. The highest BCUT2D eigenvalue weighted by molar-refractivity contribution is 6.29. The van der Waals surface area contributed by atoms with Gasteiger partial charge in [-0.2, -0.15) is 0 Å². The van der Waals surface area contributed by atoms with Crippen LogP contribution in [-0.2, 0) is 29.0 Å². The van der Waals surface area contributed by atoms with Crippen LogP contribution in [0.1, 0.15) is 33.7 Å². The number of aryl methyl sites for hydroxylation is 1. The maximum absolute atomic E-state index is 13.1. The second kappa shape index (κ2) is 9.22. The van der Waals surface area contributed by atoms with Crippen molar-refractivity contribution >= 4 is 29.2 Å². The molecule has 3 heterocycles. The van der Waals surface area contributed by atoms with E-state index in [1.165, 1.54) is 13.4 Å². The summed E-state index contributed by atoms with van der Waals surface area (Å²) in [5.74, 6) is 0.391. The fraction of sp³-hybridized carbons (Fsp3) is 0.261. The van der Waals surface area contributed by atoms with Crippen molar-refractivity contribution in [2.75, 3.05) is 18.6 Å². The molecule has 1 aromatic carbocycles. The second-order valence-electron chi connectivity index (χ2n) is 7.12. The molecule has 0 spiro atoms. The van der Waals surface area contributed by atoms with E-state index in [4.69, 9.17) is 25.5 Å². The number of anilines is 1. The van der Waals surface area contributed by atoms with Crippen LogP contribution in [0.25, 0.3) is 0 Å². The molecule has 160 valence electrons. The van der Waals surface area contributed by atoms with Crippen molar-refractivity contribution in [2.45, 2.75) is 25.9 Å². The molecule has 0 radical (unpaired) electrons. The van der Waals surface area contributed by atoms with Gasteiger partial charge in [0.25, 0.3) is 0 Å². The van der Waals surface area contributed by atoms with Crippen molar-refractivity contribution in [3.8, 4) is 5.75 Å². The van der Waals surface area contributed by atoms with Gasteiger partial charge in [-0.05, 0) is 42.2 Å². The highest BCUT2D eigenvalue weighted by atomic mass is 35.5. The number of ether oxygens (including phenoxy) is 2. The number of rotatable bonds is 6. The summed E-state index contributed by atoms with van der Waals surface area (Å²) in [5.41, 5.74) is 2.90. The zero-order chi connectivity index (χ0) is 21.8. The molecule has 31 heavy (non-hydrogen) atoms. The van der Waals surface area contributed by atoms with E-state index in [1.54, 1.807) is 29.3 Å². The van der Waals surface area contributed by atoms with E-state index in [2.05, 4.69) is 4.98 Å². The first kappa shape index (κ1) is 20.9. The number of carbonyl (C=O) groups excluding carboxylic acids is 2. The molecule has 0 saturated carbocycles. The topological polar surface area (TPSA) is 81.9 Å². The minimum atomic E-state index is -0.490. The molecule has 3 aromatic rings. The summed E-state index contributed by atoms with van der Waals surface area (Å²) >= 11 is 5.84. The van der Waals surface area contributed by atoms with Crippen molar-refractivity contribution in [2.24, 2.45) is 0 Å². The van der Waals surface area contributed by atoms with Gasteiger partial charge in [-0.3, -0.25) is 4.79 Å². The first-order chi connectivity index (χ1) is 15.1. The average Bonchev–Trinajstić information content (AvgIpc) is 3.26. The SMILES string of the molecule is COC(=O)c1ccoc1COc1cccc2c1N(C(=O)Cc1ccc(Cl)nc1)CCC2. The van der Waals surface area contributed by atoms with Crippen LogP contribution >= 0.6 is 11.6 Å². The number of nitrogens with zero attached hydrogens (tertiary/aromatic N) is 2. The fourth-order valence-electron chi connectivity index (χ4n) is 3.65. The van der Waals surface area contributed by atoms with Crippen LogP contribution in [0.4, 0.5) is 5.69 Å². The first-order valence-corrected chi connectivity index (χ1v) is 10.2. The molecule has 0 atom stereocenters. The van der Waals surface area contributed by atoms with Crippen LogP contribution < -0.4 is 9.64 Å². The van der Waals surface area contributed by atoms with Crippen molar-refractivity contribution in [3.05, 3.63) is 76.5 Å². The Balaban J connectivity index is 1.56. The standard InChI is InChI=1S/C23H21ClN2O5/c1-29-23(28)17-9-11-30-19(17)14-31-18-6-2-4-16-5-3-10-26(22(16)18)21(27)12-15-7-8-20(24)25-13-15/h2,4,6-9,11,13H,3,5,10,12,14H2,1H3. The highest BCUT2D eigenvalue weighted by Gasteiger charge is 2.27. The van der Waals surface area contributed by atoms with Crippen LogP contribution in [0.15, 0.2) is 53.3 Å². The largest absolute Gasteiger partial charge is 0.483 e. The number of esters is 1. The second-order valence-corrected chi connectivity index (χ2v) is 7.50. The lowest BCUT2D eigenvalue weighted by molar-refractivity contribution is -0.118. The molecular formula is C23H21ClN2O5. The number of hydrogen-bond acceptors (Lipinski definition) is 6. The third-order valence-corrected chi connectivity index (χ3v) is 5.36. The van der Waals surface area contributed by atoms with Crippen LogP contribution in [0, 0.1) is 0 Å². The Labute approximate surface area is 184 Å². The molecule has 2 aromatic heterocycles. The number of benzene rings is 1. The highest BCUT2D eigenvalue weighted by Crippen LogP contribution is 2.37. The lowest BCUT2D eigenvalue weighted by Gasteiger charge is -2.31. The summed E-state index contributed by atoms with van der Waals surface area (Å²) in [4.78, 5) is 30.8. The Morgan fingerprint density at radius 1 is 1.23 bits per heavy atom. The Bertz CT molecular complexity index is 1090. The maximum Gasteiger partial charge on any atom is 0.341 e. The summed E-state index contributed by atoms with van der Waals surface area (Å²) in [6, 6.07) is 10.7. The molecule has 1 aliphatic heterocycles. The quantitative estimate of drug-likeness (QED) is 0.421. The van der Waals surface area contributed by atoms with Gasteiger partial charge in [0.1, 0.15) is 23.1 Å². The molecule has 1 amide bonds. The van der Waals surface area contributed by atoms with E-state index < -0.39 is 5.97 Å². The van der Waals surface area contributed by atoms with Crippen LogP contribution in [0.2, 0.25) is 5.15 Å². The number of fused-ring (bicyclic) bond motifs is 1. The zero-order valence-corrected chi connectivity index (χ0v) is 17.7. The summed E-state index contributed by atoms with van der Waals surface area (Å²) < 4.78 is 16.2. The third kappa shape index (κ3) is 4.56. The maximum atomic E-state index is 13.1. The van der Waals surface area contributed by atoms with Gasteiger partial charge in [0.15, 0.2) is 5.76 Å². The number of halogens is 1. The van der Waals surface area contributed by atoms with Crippen LogP contribution in [0.3, 0.4) is 0 Å². The lowest BCUT2D eigenvalue weighted by atomic mass is 10.00. The predicted octanol–water partition coefficient (Wildman–Crippen LogP) is 4.22. The number of carbonyl (C=O) groups is 2. The van der Waals surface area contributed by atoms with E-state index in [9.17, 15) is 9.59 Å². The fourth-order valence-corrected chi connectivity index (χ4v) is 3.76. The zero-order valence-electron chi connectivity index (χ0n) is 17.0. The Kier molecular flexibility index (Phi) is 6.23. The number of aromatic nitrogens is 1. The van der Waals surface area contributed by atoms with Crippen molar-refractivity contribution in [1.29, 1.82) is 0 Å². The van der Waals surface area contributed by atoms with Gasteiger partial charge in [0.05, 0.1) is 25.5 Å². The van der Waals surface area contributed by atoms with Gasteiger partial charge >= 0.3 is 5.97 Å². The number of hydrogen-bond donors (Lipinski definition) is 0. The number of amides is 1. The molecule has 0 unspecified atom stereocenters. The van der Waals surface area contributed by atoms with Crippen molar-refractivity contribution in [3.63, 3.8) is 0 Å². The van der Waals surface area contributed by atoms with Crippen LogP contribution in [-0.4, -0.2) is 30.5 Å². The van der Waals surface area contributed by atoms with Gasteiger partial charge in [-0.1, -0.05) is 29.8 Å². The molecule has 0 saturated heterocycles. The number of para-hydroxylation sites is 1. The molecular weight excluding hydrogens is 420 g/mol. The summed E-state index contributed by atoms with van der Waals surface area (Å²) in [7, 11) is 1.31. The first-order valence-electron chi connectivity index (χ1n) is 9.87. The molecule has 1 aliphatic rings. The third-order valence-electron chi connectivity index (χ3n) is 5.13. The minimum Gasteiger partial charge on any atom is -0.483 e. The monoisotopic (exact) mass is 440 g/mol. The van der Waals surface area contributed by atoms with E-state index in [1.807, 2.05) is 18.2 Å². The van der Waals surface area contributed by atoms with Crippen molar-refractivity contribution in [1.82, 2.24) is 4.98 Å². The number of furan rings is 1. The number of methoxy groups -OCH3 is 1. The minimum absolute atomic E-state index is 0.0387. The predicted molar refractivity (Wildman–Crippen MR) is 114 cm³/mol. The van der Waals surface area contributed by atoms with Gasteiger partial charge in [0.2, 0.25) is 5.91 Å². The summed E-state index contributed by atoms with van der Waals surface area (Å²) in [6.07, 6.45) is 4.96. The molecule has 7 nitrogen and oxygen atoms in total. The van der Waals surface area contributed by atoms with Gasteiger partial charge < -0.3 is 18.8 Å². The van der Waals surface area contributed by atoms with Gasteiger partial charge in [-0.25, -0.2) is 9.78 Å². The number of pyridine rings is 1. The Hall–Kier alpha value is -3.32. The van der Waals surface area contributed by atoms with Gasteiger partial charge in [-0.15, -0.1) is 0 Å². The van der Waals surface area contributed by atoms with E-state index in [-0.39, 0.29) is 18.9 Å². The average molecular weight is 441 g/mol. The Morgan fingerprint density at radius 3 is 2.87 bits per heavy atom. The summed E-state index contributed by atoms with van der Waals surface area (Å²) in [5, 5.41) is 0.388. The van der Waals surface area contributed by atoms with E-state index >= 15 is 0 Å². The molecule has 0 aliphatic carbocycles. The molecule has 8 heteroatoms. The van der Waals surface area contributed by atoms with Crippen molar-refractivity contribution < 1.29 is 23.5 Å².